The fraction of sp³-hybridized carbons (Fsp3) is 0.0857. The average Bonchev–Trinajstić information content (AvgIpc) is 3.44. The summed E-state index contributed by atoms with van der Waals surface area (Å²) in [6, 6.07) is 90.9. The van der Waals surface area contributed by atoms with Crippen LogP contribution in [0.3, 0.4) is 0 Å². The van der Waals surface area contributed by atoms with Gasteiger partial charge in [0, 0.05) is 0 Å². The van der Waals surface area contributed by atoms with Gasteiger partial charge in [0.2, 0.25) is 0 Å². The third-order valence-electron chi connectivity index (χ3n) is 14.9. The largest absolute Gasteiger partial charge is 1.00 e. The molecule has 0 spiro atoms. The molecule has 74 heavy (non-hydrogen) atoms. The van der Waals surface area contributed by atoms with Gasteiger partial charge < -0.3 is 12.8 Å². The van der Waals surface area contributed by atoms with E-state index in [9.17, 15) is 0 Å². The van der Waals surface area contributed by atoms with Crippen molar-refractivity contribution in [3.05, 3.63) is 279 Å². The molecule has 12 rings (SSSR count). The fourth-order valence-electron chi connectivity index (χ4n) is 10.7. The van der Waals surface area contributed by atoms with E-state index in [1.165, 1.54) is 75.1 Å². The van der Waals surface area contributed by atoms with Gasteiger partial charge in [-0.3, -0.25) is 11.8 Å². The summed E-state index contributed by atoms with van der Waals surface area (Å²) in [7, 11) is -2.13. The summed E-state index contributed by atoms with van der Waals surface area (Å²) >= 11 is 0. The molecule has 0 aromatic heterocycles. The van der Waals surface area contributed by atoms with E-state index in [2.05, 4.69) is 270 Å². The van der Waals surface area contributed by atoms with E-state index >= 15 is 0 Å². The first-order chi connectivity index (χ1) is 35.2. The van der Waals surface area contributed by atoms with Gasteiger partial charge in [-0.05, 0) is 130 Å². The summed E-state index contributed by atoms with van der Waals surface area (Å²) in [6.07, 6.45) is 15.1. The van der Waals surface area contributed by atoms with Crippen molar-refractivity contribution in [2.45, 2.75) is 38.0 Å². The van der Waals surface area contributed by atoms with Crippen molar-refractivity contribution < 1.29 is 44.8 Å². The molecule has 0 unspecified atom stereocenters. The van der Waals surface area contributed by atoms with Crippen LogP contribution in [0.25, 0.3) is 64.6 Å². The molecule has 0 bridgehead atoms. The minimum Gasteiger partial charge on any atom is -0.366 e. The Bertz CT molecular complexity index is 3610. The maximum absolute atomic E-state index is 7.56. The third-order valence-corrected chi connectivity index (χ3v) is 22.5. The zero-order valence-corrected chi connectivity index (χ0v) is 46.8. The zero-order chi connectivity index (χ0) is 49.7. The molecule has 0 heterocycles. The van der Waals surface area contributed by atoms with E-state index in [0.717, 1.165) is 21.9 Å². The molecule has 0 fully saturated rings. The van der Waals surface area contributed by atoms with Crippen molar-refractivity contribution in [2.75, 3.05) is 0 Å². The molecule has 0 aliphatic carbocycles. The second-order valence-corrected chi connectivity index (χ2v) is 25.7. The summed E-state index contributed by atoms with van der Waals surface area (Å²) in [4.78, 5) is 0. The van der Waals surface area contributed by atoms with E-state index in [1.807, 2.05) is 24.3 Å². The minimum atomic E-state index is -1.07. The second kappa shape index (κ2) is 23.9. The van der Waals surface area contributed by atoms with Gasteiger partial charge in [-0.15, -0.1) is 23.3 Å². The van der Waals surface area contributed by atoms with Gasteiger partial charge in [0.25, 0.3) is 0 Å². The smallest absolute Gasteiger partial charge is 0.366 e. The molecule has 0 radical (unpaired) electrons. The van der Waals surface area contributed by atoms with Crippen LogP contribution in [0.1, 0.15) is 38.8 Å². The molecule has 4 heteroatoms. The van der Waals surface area contributed by atoms with Crippen molar-refractivity contribution in [1.29, 1.82) is 0 Å². The van der Waals surface area contributed by atoms with E-state index in [4.69, 9.17) is 12.8 Å². The molecule has 0 aliphatic heterocycles. The molecular formula is C70H56Ag2P2+2. The molecule has 0 aliphatic rings. The second-order valence-electron chi connectivity index (χ2n) is 19.4. The summed E-state index contributed by atoms with van der Waals surface area (Å²) in [6.45, 7) is 10.1. The van der Waals surface area contributed by atoms with Crippen LogP contribution >= 0.6 is 15.8 Å². The first-order valence-corrected chi connectivity index (χ1v) is 27.7. The predicted octanol–water partition coefficient (Wildman–Crippen LogP) is 16.4. The van der Waals surface area contributed by atoms with Crippen LogP contribution in [0, 0.1) is 24.7 Å². The Morgan fingerprint density at radius 1 is 0.270 bits per heavy atom. The van der Waals surface area contributed by atoms with Crippen molar-refractivity contribution in [3.63, 3.8) is 0 Å². The standard InChI is InChI=1S/C30H32P2.2C20H11.2Ag/c1-29(2,31(25-17-9-5-10-18-25)26-19-11-6-12-20-26)30(3,4)32(27-21-13-7-14-22-27)28-23-15-8-16-24-28;2*1-2-14-13-20-17-9-4-3-7-15(17)11-12-19(20)18-10-6-5-8-16(14)18;;/h5-24H,1-4H3;2*3-13H;;/q;2*-1;2*+1/p+2. The predicted molar refractivity (Wildman–Crippen MR) is 319 cm³/mol. The first-order valence-electron chi connectivity index (χ1n) is 24.7. The molecular weight excluding hydrogens is 1120 g/mol. The van der Waals surface area contributed by atoms with Crippen LogP contribution < -0.4 is 21.2 Å². The Morgan fingerprint density at radius 2 is 0.514 bits per heavy atom. The molecule has 0 N–H and O–H groups in total. The Hall–Kier alpha value is -6.34. The van der Waals surface area contributed by atoms with E-state index in [-0.39, 0.29) is 55.1 Å². The van der Waals surface area contributed by atoms with E-state index in [1.54, 1.807) is 0 Å². The Labute approximate surface area is 471 Å². The molecule has 0 atom stereocenters. The van der Waals surface area contributed by atoms with Gasteiger partial charge in [0.1, 0.15) is 10.3 Å². The zero-order valence-electron chi connectivity index (χ0n) is 41.9. The molecule has 0 saturated carbocycles. The fourth-order valence-corrected chi connectivity index (χ4v) is 18.4. The van der Waals surface area contributed by atoms with Crippen LogP contribution in [0.4, 0.5) is 0 Å². The molecule has 0 saturated heterocycles. The number of fused-ring (bicyclic) bond motifs is 10. The monoisotopic (exact) mass is 1170 g/mol. The average molecular weight is 1170 g/mol. The van der Waals surface area contributed by atoms with Gasteiger partial charge in [0.05, 0.1) is 37.1 Å². The minimum absolute atomic E-state index is 0. The van der Waals surface area contributed by atoms with Crippen molar-refractivity contribution in [3.8, 4) is 11.8 Å². The number of hydrogen-bond acceptors (Lipinski definition) is 0. The Balaban J connectivity index is 0.000000152. The van der Waals surface area contributed by atoms with Crippen LogP contribution in [0.5, 0.6) is 0 Å². The van der Waals surface area contributed by atoms with Gasteiger partial charge in [-0.1, -0.05) is 205 Å². The molecule has 12 aromatic rings. The summed E-state index contributed by atoms with van der Waals surface area (Å²) in [5.41, 5.74) is 1.70. The first kappa shape index (κ1) is 53.9. The molecule has 0 nitrogen and oxygen atoms in total. The van der Waals surface area contributed by atoms with Gasteiger partial charge in [0.15, 0.2) is 0 Å². The van der Waals surface area contributed by atoms with E-state index < -0.39 is 15.8 Å². The maximum Gasteiger partial charge on any atom is 1.00 e. The molecule has 0 amide bonds. The van der Waals surface area contributed by atoms with Crippen LogP contribution in [0.15, 0.2) is 255 Å². The topological polar surface area (TPSA) is 0 Å². The van der Waals surface area contributed by atoms with E-state index in [0.29, 0.717) is 0 Å². The Morgan fingerprint density at radius 3 is 0.811 bits per heavy atom. The summed E-state index contributed by atoms with van der Waals surface area (Å²) in [5.74, 6) is 5.15. The number of benzene rings is 12. The van der Waals surface area contributed by atoms with Crippen LogP contribution in [-0.4, -0.2) is 10.3 Å². The molecule has 366 valence electrons. The van der Waals surface area contributed by atoms with Crippen LogP contribution in [0.2, 0.25) is 0 Å². The van der Waals surface area contributed by atoms with Gasteiger partial charge in [-0.25, -0.2) is 0 Å². The van der Waals surface area contributed by atoms with Crippen molar-refractivity contribution in [2.24, 2.45) is 0 Å². The normalized spacial score (nSPS) is 11.2. The van der Waals surface area contributed by atoms with Gasteiger partial charge >= 0.3 is 44.8 Å². The third kappa shape index (κ3) is 10.6. The number of hydrogen-bond donors (Lipinski definition) is 0. The van der Waals surface area contributed by atoms with Crippen molar-refractivity contribution >= 4 is 102 Å². The number of rotatable bonds is 7. The van der Waals surface area contributed by atoms with Crippen LogP contribution in [-0.2, 0) is 44.8 Å². The van der Waals surface area contributed by atoms with Crippen molar-refractivity contribution in [1.82, 2.24) is 0 Å². The SMILES string of the molecule is CC(C)([PH+](c1ccccc1)c1ccccc1)C(C)(C)[PH+](c1ccccc1)c1ccccc1.[Ag+].[Ag+].[C-]#Cc1cc2c3ccccc3ccc2c2ccccc12.[C-]#Cc1cc2c3ccccc3ccc2c2ccccc12. The summed E-state index contributed by atoms with van der Waals surface area (Å²) < 4.78 is 0. The summed E-state index contributed by atoms with van der Waals surface area (Å²) in [5, 5.41) is 20.5. The molecule has 12 aromatic carbocycles. The maximum atomic E-state index is 7.56. The quantitative estimate of drug-likeness (QED) is 0.0491. The Kier molecular flexibility index (Phi) is 17.4. The van der Waals surface area contributed by atoms with Gasteiger partial charge in [-0.2, -0.15) is 0 Å².